The zero-order chi connectivity index (χ0) is 15.0. The van der Waals surface area contributed by atoms with Gasteiger partial charge in [-0.3, -0.25) is 9.79 Å². The monoisotopic (exact) mass is 279 g/mol. The predicted octanol–water partition coefficient (Wildman–Crippen LogP) is 2.07. The number of nitrogens with zero attached hydrogens (tertiary/aromatic N) is 2. The van der Waals surface area contributed by atoms with Gasteiger partial charge in [0.2, 0.25) is 5.91 Å². The van der Waals surface area contributed by atoms with Gasteiger partial charge in [-0.15, -0.1) is 0 Å². The van der Waals surface area contributed by atoms with E-state index >= 15 is 0 Å². The number of carbonyl (C=O) groups excluding carboxylic acids is 1. The lowest BCUT2D eigenvalue weighted by molar-refractivity contribution is -0.120. The number of ether oxygens (including phenoxy) is 1. The first-order chi connectivity index (χ1) is 9.52. The van der Waals surface area contributed by atoms with Crippen LogP contribution in [0.15, 0.2) is 29.0 Å². The standard InChI is InChI=1S/C15H25N3O2/c1-12(7-9-20-4)17-15(19)6-5-8-18-11-16-13(2)10-14(18)3/h5,8,10,12H,6-7,9,11H2,1-4H3,(H,17,19)/b8-5-. The number of amides is 1. The van der Waals surface area contributed by atoms with E-state index in [2.05, 4.69) is 10.3 Å². The molecule has 0 fully saturated rings. The van der Waals surface area contributed by atoms with Crippen LogP contribution in [0.1, 0.15) is 33.6 Å². The van der Waals surface area contributed by atoms with Crippen LogP contribution in [0.3, 0.4) is 0 Å². The Morgan fingerprint density at radius 3 is 3.00 bits per heavy atom. The van der Waals surface area contributed by atoms with E-state index in [1.54, 1.807) is 7.11 Å². The molecule has 1 atom stereocenters. The lowest BCUT2D eigenvalue weighted by Crippen LogP contribution is -2.32. The molecule has 5 heteroatoms. The van der Waals surface area contributed by atoms with E-state index in [0.717, 1.165) is 17.8 Å². The molecule has 0 aromatic heterocycles. The SMILES string of the molecule is COCCC(C)NC(=O)C/C=C\N1CN=C(C)C=C1C. The molecule has 1 aliphatic rings. The smallest absolute Gasteiger partial charge is 0.224 e. The topological polar surface area (TPSA) is 53.9 Å². The van der Waals surface area contributed by atoms with E-state index in [4.69, 9.17) is 4.74 Å². The molecule has 1 aliphatic heterocycles. The molecule has 0 saturated carbocycles. The molecule has 0 aromatic carbocycles. The lowest BCUT2D eigenvalue weighted by Gasteiger charge is -2.22. The third-order valence-corrected chi connectivity index (χ3v) is 3.09. The summed E-state index contributed by atoms with van der Waals surface area (Å²) in [6, 6.07) is 0.139. The average Bonchev–Trinajstić information content (AvgIpc) is 2.39. The van der Waals surface area contributed by atoms with Crippen molar-refractivity contribution in [2.75, 3.05) is 20.4 Å². The van der Waals surface area contributed by atoms with Crippen LogP contribution in [-0.4, -0.2) is 42.9 Å². The van der Waals surface area contributed by atoms with Gasteiger partial charge in [0.1, 0.15) is 6.67 Å². The Kier molecular flexibility index (Phi) is 7.01. The highest BCUT2D eigenvalue weighted by molar-refractivity contribution is 5.93. The third-order valence-electron chi connectivity index (χ3n) is 3.09. The normalized spacial score (nSPS) is 16.9. The fourth-order valence-electron chi connectivity index (χ4n) is 1.88. The second-order valence-electron chi connectivity index (χ2n) is 5.04. The molecule has 0 saturated heterocycles. The number of rotatable bonds is 7. The fraction of sp³-hybridized carbons (Fsp3) is 0.600. The van der Waals surface area contributed by atoms with Gasteiger partial charge in [0.15, 0.2) is 0 Å². The van der Waals surface area contributed by atoms with E-state index in [0.29, 0.717) is 19.7 Å². The summed E-state index contributed by atoms with van der Waals surface area (Å²) in [4.78, 5) is 18.1. The van der Waals surface area contributed by atoms with Crippen LogP contribution < -0.4 is 5.32 Å². The highest BCUT2D eigenvalue weighted by Gasteiger charge is 2.07. The van der Waals surface area contributed by atoms with E-state index in [1.807, 2.05) is 44.0 Å². The molecular weight excluding hydrogens is 254 g/mol. The van der Waals surface area contributed by atoms with E-state index in [9.17, 15) is 4.79 Å². The number of hydrogen-bond acceptors (Lipinski definition) is 4. The summed E-state index contributed by atoms with van der Waals surface area (Å²) in [6.07, 6.45) is 7.02. The first kappa shape index (κ1) is 16.4. The van der Waals surface area contributed by atoms with Gasteiger partial charge in [-0.2, -0.15) is 0 Å². The Hall–Kier alpha value is -1.62. The zero-order valence-corrected chi connectivity index (χ0v) is 12.8. The van der Waals surface area contributed by atoms with Crippen LogP contribution in [0.4, 0.5) is 0 Å². The van der Waals surface area contributed by atoms with Crippen LogP contribution in [0.25, 0.3) is 0 Å². The summed E-state index contributed by atoms with van der Waals surface area (Å²) in [6.45, 7) is 7.29. The Morgan fingerprint density at radius 2 is 2.35 bits per heavy atom. The third kappa shape index (κ3) is 6.02. The quantitative estimate of drug-likeness (QED) is 0.776. The predicted molar refractivity (Wildman–Crippen MR) is 81.4 cm³/mol. The van der Waals surface area contributed by atoms with Crippen molar-refractivity contribution in [2.45, 2.75) is 39.7 Å². The Morgan fingerprint density at radius 1 is 1.60 bits per heavy atom. The first-order valence-electron chi connectivity index (χ1n) is 6.94. The molecular formula is C15H25N3O2. The van der Waals surface area contributed by atoms with Crippen molar-refractivity contribution in [3.05, 3.63) is 24.0 Å². The van der Waals surface area contributed by atoms with Gasteiger partial charge in [0.25, 0.3) is 0 Å². The molecule has 1 amide bonds. The van der Waals surface area contributed by atoms with Gasteiger partial charge in [-0.25, -0.2) is 0 Å². The van der Waals surface area contributed by atoms with Gasteiger partial charge in [0.05, 0.1) is 0 Å². The average molecular weight is 279 g/mol. The second-order valence-corrected chi connectivity index (χ2v) is 5.04. The summed E-state index contributed by atoms with van der Waals surface area (Å²) in [7, 11) is 1.66. The molecule has 1 rings (SSSR count). The van der Waals surface area contributed by atoms with Crippen molar-refractivity contribution in [3.63, 3.8) is 0 Å². The van der Waals surface area contributed by atoms with Crippen LogP contribution in [-0.2, 0) is 9.53 Å². The van der Waals surface area contributed by atoms with E-state index in [-0.39, 0.29) is 11.9 Å². The summed E-state index contributed by atoms with van der Waals surface area (Å²) >= 11 is 0. The van der Waals surface area contributed by atoms with E-state index in [1.165, 1.54) is 0 Å². The Balaban J connectivity index is 2.31. The molecule has 20 heavy (non-hydrogen) atoms. The molecule has 0 spiro atoms. The molecule has 0 aromatic rings. The second kappa shape index (κ2) is 8.53. The first-order valence-corrected chi connectivity index (χ1v) is 6.94. The number of methoxy groups -OCH3 is 1. The Labute approximate surface area is 121 Å². The summed E-state index contributed by atoms with van der Waals surface area (Å²) in [5, 5.41) is 2.94. The number of allylic oxidation sites excluding steroid dienone is 2. The van der Waals surface area contributed by atoms with Crippen molar-refractivity contribution in [2.24, 2.45) is 4.99 Å². The van der Waals surface area contributed by atoms with Crippen molar-refractivity contribution < 1.29 is 9.53 Å². The minimum atomic E-state index is 0.0307. The molecule has 5 nitrogen and oxygen atoms in total. The number of hydrogen-bond donors (Lipinski definition) is 1. The van der Waals surface area contributed by atoms with Gasteiger partial charge in [-0.05, 0) is 33.3 Å². The van der Waals surface area contributed by atoms with Crippen LogP contribution in [0.5, 0.6) is 0 Å². The maximum atomic E-state index is 11.7. The highest BCUT2D eigenvalue weighted by atomic mass is 16.5. The largest absolute Gasteiger partial charge is 0.385 e. The van der Waals surface area contributed by atoms with Crippen molar-refractivity contribution in [1.82, 2.24) is 10.2 Å². The molecule has 1 heterocycles. The molecule has 1 unspecified atom stereocenters. The lowest BCUT2D eigenvalue weighted by atomic mass is 10.2. The van der Waals surface area contributed by atoms with Gasteiger partial charge in [-0.1, -0.05) is 6.08 Å². The van der Waals surface area contributed by atoms with Gasteiger partial charge >= 0.3 is 0 Å². The van der Waals surface area contributed by atoms with Crippen LogP contribution >= 0.6 is 0 Å². The number of aliphatic imine (C=N–C) groups is 1. The summed E-state index contributed by atoms with van der Waals surface area (Å²) in [5.41, 5.74) is 2.18. The van der Waals surface area contributed by atoms with Crippen LogP contribution in [0.2, 0.25) is 0 Å². The maximum absolute atomic E-state index is 11.7. The van der Waals surface area contributed by atoms with E-state index < -0.39 is 0 Å². The Bertz CT molecular complexity index is 413. The summed E-state index contributed by atoms with van der Waals surface area (Å²) in [5.74, 6) is 0.0307. The minimum Gasteiger partial charge on any atom is -0.385 e. The number of nitrogens with one attached hydrogen (secondary N) is 1. The molecule has 1 N–H and O–H groups in total. The van der Waals surface area contributed by atoms with Crippen molar-refractivity contribution in [3.8, 4) is 0 Å². The van der Waals surface area contributed by atoms with Crippen molar-refractivity contribution in [1.29, 1.82) is 0 Å². The molecule has 0 radical (unpaired) electrons. The van der Waals surface area contributed by atoms with Crippen LogP contribution in [0, 0.1) is 0 Å². The molecule has 112 valence electrons. The fourth-order valence-corrected chi connectivity index (χ4v) is 1.88. The van der Waals surface area contributed by atoms with Crippen molar-refractivity contribution >= 4 is 11.6 Å². The summed E-state index contributed by atoms with van der Waals surface area (Å²) < 4.78 is 4.98. The molecule has 0 bridgehead atoms. The van der Waals surface area contributed by atoms with Gasteiger partial charge < -0.3 is 15.0 Å². The van der Waals surface area contributed by atoms with Gasteiger partial charge in [0, 0.05) is 43.8 Å². The zero-order valence-electron chi connectivity index (χ0n) is 12.8. The molecule has 0 aliphatic carbocycles. The highest BCUT2D eigenvalue weighted by Crippen LogP contribution is 2.10. The minimum absolute atomic E-state index is 0.0307. The maximum Gasteiger partial charge on any atom is 0.224 e. The number of carbonyl (C=O) groups is 1.